The summed E-state index contributed by atoms with van der Waals surface area (Å²) in [5, 5.41) is 6.99. The summed E-state index contributed by atoms with van der Waals surface area (Å²) in [6, 6.07) is 15.2. The van der Waals surface area contributed by atoms with Gasteiger partial charge in [0, 0.05) is 22.5 Å². The predicted molar refractivity (Wildman–Crippen MR) is 86.2 cm³/mol. The zero-order valence-electron chi connectivity index (χ0n) is 11.5. The third kappa shape index (κ3) is 2.74. The van der Waals surface area contributed by atoms with Gasteiger partial charge in [0.2, 0.25) is 0 Å². The Bertz CT molecular complexity index is 671. The van der Waals surface area contributed by atoms with E-state index >= 15 is 0 Å². The molecule has 1 aromatic carbocycles. The highest BCUT2D eigenvalue weighted by molar-refractivity contribution is 7.10. The number of aromatic nitrogens is 1. The molecule has 3 heteroatoms. The predicted octanol–water partition coefficient (Wildman–Crippen LogP) is 4.19. The minimum absolute atomic E-state index is 0.380. The van der Waals surface area contributed by atoms with Gasteiger partial charge in [-0.05, 0) is 42.1 Å². The van der Waals surface area contributed by atoms with Gasteiger partial charge < -0.3 is 5.32 Å². The molecule has 0 aliphatic carbocycles. The Morgan fingerprint density at radius 3 is 2.85 bits per heavy atom. The van der Waals surface area contributed by atoms with Gasteiger partial charge in [0.1, 0.15) is 0 Å². The fraction of sp³-hybridized carbons (Fsp3) is 0.235. The minimum atomic E-state index is 0.380. The average Bonchev–Trinajstić information content (AvgIpc) is 3.01. The van der Waals surface area contributed by atoms with Crippen molar-refractivity contribution in [2.24, 2.45) is 0 Å². The number of thiophene rings is 1. The summed E-state index contributed by atoms with van der Waals surface area (Å²) in [5.41, 5.74) is 2.43. The fourth-order valence-electron chi connectivity index (χ4n) is 2.56. The first kappa shape index (κ1) is 13.3. The van der Waals surface area contributed by atoms with E-state index in [4.69, 9.17) is 0 Å². The number of pyridine rings is 1. The summed E-state index contributed by atoms with van der Waals surface area (Å²) in [4.78, 5) is 5.84. The van der Waals surface area contributed by atoms with Gasteiger partial charge in [0.25, 0.3) is 0 Å². The van der Waals surface area contributed by atoms with Crippen LogP contribution in [0, 0.1) is 0 Å². The largest absolute Gasteiger partial charge is 0.309 e. The van der Waals surface area contributed by atoms with E-state index in [0.29, 0.717) is 6.04 Å². The highest BCUT2D eigenvalue weighted by Gasteiger charge is 2.13. The Morgan fingerprint density at radius 2 is 2.05 bits per heavy atom. The molecular weight excluding hydrogens is 264 g/mol. The lowest BCUT2D eigenvalue weighted by molar-refractivity contribution is 0.559. The van der Waals surface area contributed by atoms with Crippen LogP contribution in [-0.2, 0) is 6.42 Å². The van der Waals surface area contributed by atoms with Gasteiger partial charge in [-0.2, -0.15) is 0 Å². The van der Waals surface area contributed by atoms with E-state index in [2.05, 4.69) is 59.0 Å². The van der Waals surface area contributed by atoms with Crippen LogP contribution in [0.2, 0.25) is 0 Å². The fourth-order valence-corrected chi connectivity index (χ4v) is 3.36. The van der Waals surface area contributed by atoms with Gasteiger partial charge in [-0.1, -0.05) is 31.2 Å². The van der Waals surface area contributed by atoms with Gasteiger partial charge in [-0.25, -0.2) is 0 Å². The molecule has 1 atom stereocenters. The number of para-hydroxylation sites is 1. The quantitative estimate of drug-likeness (QED) is 0.759. The number of nitrogens with zero attached hydrogens (tertiary/aromatic N) is 1. The van der Waals surface area contributed by atoms with Gasteiger partial charge >= 0.3 is 0 Å². The lowest BCUT2D eigenvalue weighted by atomic mass is 10.0. The van der Waals surface area contributed by atoms with Crippen LogP contribution in [0.15, 0.2) is 54.0 Å². The average molecular weight is 282 g/mol. The van der Waals surface area contributed by atoms with Crippen molar-refractivity contribution in [2.75, 3.05) is 6.54 Å². The van der Waals surface area contributed by atoms with E-state index < -0.39 is 0 Å². The second-order valence-electron chi connectivity index (χ2n) is 4.82. The Hall–Kier alpha value is -1.71. The molecule has 0 bridgehead atoms. The van der Waals surface area contributed by atoms with Crippen molar-refractivity contribution in [3.63, 3.8) is 0 Å². The highest BCUT2D eigenvalue weighted by Crippen LogP contribution is 2.26. The van der Waals surface area contributed by atoms with Gasteiger partial charge in [-0.15, -0.1) is 11.3 Å². The second kappa shape index (κ2) is 6.16. The maximum absolute atomic E-state index is 4.44. The molecule has 0 spiro atoms. The molecule has 0 radical (unpaired) electrons. The molecule has 0 aliphatic heterocycles. The van der Waals surface area contributed by atoms with Crippen molar-refractivity contribution in [3.8, 4) is 0 Å². The molecule has 102 valence electrons. The summed E-state index contributed by atoms with van der Waals surface area (Å²) < 4.78 is 0. The first-order valence-corrected chi connectivity index (χ1v) is 7.86. The molecule has 20 heavy (non-hydrogen) atoms. The van der Waals surface area contributed by atoms with Crippen LogP contribution in [0.3, 0.4) is 0 Å². The Labute approximate surface area is 123 Å². The van der Waals surface area contributed by atoms with E-state index in [-0.39, 0.29) is 0 Å². The van der Waals surface area contributed by atoms with E-state index in [1.54, 1.807) is 0 Å². The minimum Gasteiger partial charge on any atom is -0.309 e. The topological polar surface area (TPSA) is 24.9 Å². The van der Waals surface area contributed by atoms with E-state index in [9.17, 15) is 0 Å². The van der Waals surface area contributed by atoms with Crippen LogP contribution in [0.25, 0.3) is 10.9 Å². The Morgan fingerprint density at radius 1 is 1.15 bits per heavy atom. The molecule has 1 N–H and O–H groups in total. The molecule has 0 amide bonds. The molecule has 0 saturated carbocycles. The van der Waals surface area contributed by atoms with Crippen LogP contribution in [0.1, 0.15) is 23.4 Å². The van der Waals surface area contributed by atoms with Crippen molar-refractivity contribution in [2.45, 2.75) is 19.4 Å². The number of rotatable bonds is 5. The zero-order valence-corrected chi connectivity index (χ0v) is 12.4. The number of fused-ring (bicyclic) bond motifs is 1. The van der Waals surface area contributed by atoms with Crippen LogP contribution in [0.4, 0.5) is 0 Å². The highest BCUT2D eigenvalue weighted by atomic mass is 32.1. The van der Waals surface area contributed by atoms with Crippen molar-refractivity contribution in [1.29, 1.82) is 0 Å². The maximum atomic E-state index is 4.44. The van der Waals surface area contributed by atoms with Crippen molar-refractivity contribution < 1.29 is 0 Å². The molecule has 2 aromatic heterocycles. The molecule has 3 aromatic rings. The van der Waals surface area contributed by atoms with Crippen molar-refractivity contribution in [3.05, 3.63) is 64.5 Å². The molecule has 0 fully saturated rings. The Kier molecular flexibility index (Phi) is 4.09. The summed E-state index contributed by atoms with van der Waals surface area (Å²) >= 11 is 1.82. The summed E-state index contributed by atoms with van der Waals surface area (Å²) in [6.07, 6.45) is 2.91. The lowest BCUT2D eigenvalue weighted by Crippen LogP contribution is -2.22. The third-order valence-electron chi connectivity index (χ3n) is 3.50. The number of benzene rings is 1. The third-order valence-corrected chi connectivity index (χ3v) is 4.49. The van der Waals surface area contributed by atoms with E-state index in [1.807, 2.05) is 23.6 Å². The standard InChI is InChI=1S/C17H18N2S/c1-2-18-16(17-8-5-11-20-17)12-13-9-10-19-15-7-4-3-6-14(13)15/h3-11,16,18H,2,12H2,1H3. The van der Waals surface area contributed by atoms with Crippen LogP contribution < -0.4 is 5.32 Å². The molecule has 3 rings (SSSR count). The first-order valence-electron chi connectivity index (χ1n) is 6.98. The molecule has 2 nitrogen and oxygen atoms in total. The normalized spacial score (nSPS) is 12.7. The molecule has 1 unspecified atom stereocenters. The summed E-state index contributed by atoms with van der Waals surface area (Å²) in [7, 11) is 0. The summed E-state index contributed by atoms with van der Waals surface area (Å²) in [6.45, 7) is 3.14. The van der Waals surface area contributed by atoms with Crippen molar-refractivity contribution >= 4 is 22.2 Å². The number of nitrogens with one attached hydrogen (secondary N) is 1. The summed E-state index contributed by atoms with van der Waals surface area (Å²) in [5.74, 6) is 0. The van der Waals surface area contributed by atoms with E-state index in [1.165, 1.54) is 15.8 Å². The molecule has 0 aliphatic rings. The van der Waals surface area contributed by atoms with Gasteiger partial charge in [0.15, 0.2) is 0 Å². The van der Waals surface area contributed by atoms with Gasteiger partial charge in [-0.3, -0.25) is 4.98 Å². The number of hydrogen-bond acceptors (Lipinski definition) is 3. The monoisotopic (exact) mass is 282 g/mol. The van der Waals surface area contributed by atoms with Gasteiger partial charge in [0.05, 0.1) is 5.52 Å². The SMILES string of the molecule is CCNC(Cc1ccnc2ccccc12)c1cccs1. The van der Waals surface area contributed by atoms with Crippen molar-refractivity contribution in [1.82, 2.24) is 10.3 Å². The van der Waals surface area contributed by atoms with Crippen LogP contribution in [0.5, 0.6) is 0 Å². The maximum Gasteiger partial charge on any atom is 0.0704 e. The lowest BCUT2D eigenvalue weighted by Gasteiger charge is -2.17. The van der Waals surface area contributed by atoms with E-state index in [0.717, 1.165) is 18.5 Å². The molecular formula is C17H18N2S. The molecule has 0 saturated heterocycles. The zero-order chi connectivity index (χ0) is 13.8. The number of hydrogen-bond donors (Lipinski definition) is 1. The molecule has 2 heterocycles. The number of likely N-dealkylation sites (N-methyl/N-ethyl adjacent to an activating group) is 1. The second-order valence-corrected chi connectivity index (χ2v) is 5.80. The van der Waals surface area contributed by atoms with Crippen LogP contribution in [-0.4, -0.2) is 11.5 Å². The van der Waals surface area contributed by atoms with Crippen LogP contribution >= 0.6 is 11.3 Å². The first-order chi connectivity index (χ1) is 9.88. The smallest absolute Gasteiger partial charge is 0.0704 e. The Balaban J connectivity index is 1.94.